The van der Waals surface area contributed by atoms with Gasteiger partial charge in [0, 0.05) is 6.20 Å². The molecular formula is C9H14N2NaO15P3. The predicted molar refractivity (Wildman–Crippen MR) is 83.7 cm³/mol. The van der Waals surface area contributed by atoms with E-state index in [0.29, 0.717) is 4.57 Å². The molecule has 6 atom stereocenters. The van der Waals surface area contributed by atoms with E-state index in [1.165, 1.54) is 0 Å². The van der Waals surface area contributed by atoms with Crippen LogP contribution in [-0.2, 0) is 31.6 Å². The third-order valence-electron chi connectivity index (χ3n) is 3.23. The molecule has 2 unspecified atom stereocenters. The number of hydrogen-bond acceptors (Lipinski definition) is 12. The zero-order valence-corrected chi connectivity index (χ0v) is 19.4. The SMILES string of the molecule is O=c1nc([O-])ccn1[C@@H]1O[C@H](COP(=O)(O)OP(=O)(O)OP(=O)(O)O)[C@@H](O)[C@H]1O.[Na+]. The maximum atomic E-state index is 11.7. The Hall–Kier alpha value is -0.0300. The Kier molecular flexibility index (Phi) is 9.59. The second kappa shape index (κ2) is 10.3. The minimum atomic E-state index is -5.73. The van der Waals surface area contributed by atoms with Gasteiger partial charge in [-0.1, -0.05) is 0 Å². The monoisotopic (exact) mass is 506 g/mol. The second-order valence-corrected chi connectivity index (χ2v) is 9.81. The van der Waals surface area contributed by atoms with Crippen LogP contribution in [0.1, 0.15) is 6.23 Å². The topological polar surface area (TPSA) is 267 Å². The molecule has 0 spiro atoms. The van der Waals surface area contributed by atoms with Gasteiger partial charge in [0.15, 0.2) is 6.23 Å². The molecule has 0 aliphatic carbocycles. The molecule has 1 saturated heterocycles. The van der Waals surface area contributed by atoms with Crippen molar-refractivity contribution in [3.8, 4) is 5.88 Å². The first-order chi connectivity index (χ1) is 13.1. The minimum absolute atomic E-state index is 0. The van der Waals surface area contributed by atoms with Crippen LogP contribution < -0.4 is 40.4 Å². The smallest absolute Gasteiger partial charge is 0.858 e. The van der Waals surface area contributed by atoms with E-state index < -0.39 is 66.2 Å². The Morgan fingerprint density at radius 2 is 1.70 bits per heavy atom. The van der Waals surface area contributed by atoms with Crippen molar-refractivity contribution in [3.63, 3.8) is 0 Å². The van der Waals surface area contributed by atoms with Gasteiger partial charge in [0.1, 0.15) is 18.3 Å². The summed E-state index contributed by atoms with van der Waals surface area (Å²) in [6, 6.07) is 0.864. The van der Waals surface area contributed by atoms with E-state index in [0.717, 1.165) is 12.3 Å². The van der Waals surface area contributed by atoms with Crippen molar-refractivity contribution in [2.45, 2.75) is 24.5 Å². The standard InChI is InChI=1S/C9H15N2O15P3.Na/c12-5-1-2-11(9(15)10-5)8-7(14)6(13)4(24-8)3-23-28(19,20)26-29(21,22)25-27(16,17)18;/h1-2,4,6-8,13-14H,3H2,(H,19,20)(H,21,22)(H,10,12,15)(H2,16,17,18);/q;+1/p-1/t4-,6-,7-,8-;/m1./s1. The third kappa shape index (κ3) is 7.83. The summed E-state index contributed by atoms with van der Waals surface area (Å²) < 4.78 is 50.5. The van der Waals surface area contributed by atoms with Crippen LogP contribution in [0.4, 0.5) is 0 Å². The number of aliphatic hydroxyl groups excluding tert-OH is 2. The van der Waals surface area contributed by atoms with Crippen LogP contribution in [0.25, 0.3) is 0 Å². The zero-order valence-electron chi connectivity index (χ0n) is 14.8. The van der Waals surface area contributed by atoms with Gasteiger partial charge < -0.3 is 39.6 Å². The van der Waals surface area contributed by atoms with Crippen LogP contribution >= 0.6 is 23.5 Å². The molecule has 0 saturated carbocycles. The van der Waals surface area contributed by atoms with Crippen LogP contribution in [-0.4, -0.2) is 64.3 Å². The van der Waals surface area contributed by atoms with E-state index in [9.17, 15) is 38.7 Å². The fraction of sp³-hybridized carbons (Fsp3) is 0.556. The molecule has 2 heterocycles. The predicted octanol–water partition coefficient (Wildman–Crippen LogP) is -5.72. The number of rotatable bonds is 8. The first-order valence-electron chi connectivity index (χ1n) is 7.16. The van der Waals surface area contributed by atoms with Crippen molar-refractivity contribution < 1.29 is 96.0 Å². The normalized spacial score (nSPS) is 28.3. The maximum absolute atomic E-state index is 11.7. The van der Waals surface area contributed by atoms with Gasteiger partial charge in [-0.3, -0.25) is 9.09 Å². The zero-order chi connectivity index (χ0) is 22.2. The Bertz CT molecular complexity index is 950. The summed E-state index contributed by atoms with van der Waals surface area (Å²) in [6.07, 6.45) is -5.81. The van der Waals surface area contributed by atoms with Crippen molar-refractivity contribution in [3.05, 3.63) is 22.7 Å². The quantitative estimate of drug-likeness (QED) is 0.142. The second-order valence-electron chi connectivity index (χ2n) is 5.39. The molecule has 166 valence electrons. The molecule has 17 nitrogen and oxygen atoms in total. The van der Waals surface area contributed by atoms with Crippen molar-refractivity contribution in [2.24, 2.45) is 0 Å². The minimum Gasteiger partial charge on any atom is -0.858 e. The van der Waals surface area contributed by atoms with Gasteiger partial charge in [-0.25, -0.2) is 23.5 Å². The molecule has 21 heteroatoms. The van der Waals surface area contributed by atoms with Crippen LogP contribution in [0.5, 0.6) is 5.88 Å². The molecule has 1 aromatic rings. The number of ether oxygens (including phenoxy) is 1. The first-order valence-corrected chi connectivity index (χ1v) is 11.7. The summed E-state index contributed by atoms with van der Waals surface area (Å²) in [4.78, 5) is 50.0. The van der Waals surface area contributed by atoms with Gasteiger partial charge in [0.05, 0.1) is 6.61 Å². The molecule has 1 aliphatic heterocycles. The van der Waals surface area contributed by atoms with Gasteiger partial charge in [0.25, 0.3) is 0 Å². The molecule has 6 N–H and O–H groups in total. The summed E-state index contributed by atoms with van der Waals surface area (Å²) >= 11 is 0. The van der Waals surface area contributed by atoms with Gasteiger partial charge in [-0.2, -0.15) is 8.62 Å². The van der Waals surface area contributed by atoms with Gasteiger partial charge in [0.2, 0.25) is 0 Å². The Labute approximate surface area is 188 Å². The van der Waals surface area contributed by atoms with Crippen molar-refractivity contribution in [1.82, 2.24) is 9.55 Å². The number of phosphoric ester groups is 1. The van der Waals surface area contributed by atoms with E-state index in [1.54, 1.807) is 0 Å². The molecule has 1 aliphatic rings. The Morgan fingerprint density at radius 3 is 2.23 bits per heavy atom. The molecule has 2 rings (SSSR count). The van der Waals surface area contributed by atoms with Crippen molar-refractivity contribution in [1.29, 1.82) is 0 Å². The number of phosphoric acid groups is 3. The van der Waals surface area contributed by atoms with E-state index in [2.05, 4.69) is 18.1 Å². The molecule has 0 bridgehead atoms. The van der Waals surface area contributed by atoms with Crippen molar-refractivity contribution >= 4 is 23.5 Å². The summed E-state index contributed by atoms with van der Waals surface area (Å²) in [6.45, 7) is -1.06. The largest absolute Gasteiger partial charge is 1.00 e. The van der Waals surface area contributed by atoms with Gasteiger partial charge >= 0.3 is 58.7 Å². The van der Waals surface area contributed by atoms with Crippen LogP contribution in [0, 0.1) is 0 Å². The van der Waals surface area contributed by atoms with Crippen molar-refractivity contribution in [2.75, 3.05) is 6.61 Å². The van der Waals surface area contributed by atoms with E-state index in [4.69, 9.17) is 19.4 Å². The number of nitrogens with zero attached hydrogens (tertiary/aromatic N) is 2. The van der Waals surface area contributed by atoms with Crippen LogP contribution in [0.3, 0.4) is 0 Å². The molecule has 0 radical (unpaired) electrons. The average molecular weight is 506 g/mol. The molecule has 0 amide bonds. The Morgan fingerprint density at radius 1 is 1.10 bits per heavy atom. The van der Waals surface area contributed by atoms with E-state index in [1.807, 2.05) is 0 Å². The number of aromatic nitrogens is 2. The molecular weight excluding hydrogens is 492 g/mol. The van der Waals surface area contributed by atoms with Crippen LogP contribution in [0.2, 0.25) is 0 Å². The Balaban J connectivity index is 0.00000450. The summed E-state index contributed by atoms with van der Waals surface area (Å²) in [5.74, 6) is -0.872. The molecule has 0 aromatic carbocycles. The van der Waals surface area contributed by atoms with E-state index in [-0.39, 0.29) is 29.6 Å². The maximum Gasteiger partial charge on any atom is 1.00 e. The summed E-state index contributed by atoms with van der Waals surface area (Å²) in [7, 11) is -16.8. The molecule has 1 aromatic heterocycles. The summed E-state index contributed by atoms with van der Waals surface area (Å²) in [5.41, 5.74) is -1.12. The average Bonchev–Trinajstić information content (AvgIpc) is 2.78. The third-order valence-corrected chi connectivity index (χ3v) is 7.04. The van der Waals surface area contributed by atoms with Crippen LogP contribution in [0.15, 0.2) is 17.1 Å². The first kappa shape index (κ1) is 28.0. The fourth-order valence-electron chi connectivity index (χ4n) is 2.16. The fourth-order valence-corrected chi connectivity index (χ4v) is 5.19. The molecule has 1 fully saturated rings. The van der Waals surface area contributed by atoms with Gasteiger partial charge in [-0.05, 0) is 11.9 Å². The molecule has 30 heavy (non-hydrogen) atoms. The summed E-state index contributed by atoms with van der Waals surface area (Å²) in [5, 5.41) is 30.9. The number of hydrogen-bond donors (Lipinski definition) is 6. The van der Waals surface area contributed by atoms with Gasteiger partial charge in [-0.15, -0.1) is 0 Å². The van der Waals surface area contributed by atoms with E-state index >= 15 is 0 Å². The number of aliphatic hydroxyl groups is 2.